The van der Waals surface area contributed by atoms with E-state index in [9.17, 15) is 0 Å². The van der Waals surface area contributed by atoms with Gasteiger partial charge in [0.15, 0.2) is 6.29 Å². The normalized spacial score (nSPS) is 38.2. The highest BCUT2D eigenvalue weighted by molar-refractivity contribution is 5.33. The first-order valence-corrected chi connectivity index (χ1v) is 16.6. The molecule has 2 fully saturated rings. The highest BCUT2D eigenvalue weighted by Gasteiger charge is 2.54. The van der Waals surface area contributed by atoms with Gasteiger partial charge in [0.1, 0.15) is 0 Å². The van der Waals surface area contributed by atoms with Gasteiger partial charge in [0, 0.05) is 10.9 Å². The number of allylic oxidation sites excluding steroid dienone is 3. The van der Waals surface area contributed by atoms with E-state index in [-0.39, 0.29) is 10.6 Å². The van der Waals surface area contributed by atoms with Crippen molar-refractivity contribution in [3.63, 3.8) is 0 Å². The van der Waals surface area contributed by atoms with E-state index in [0.29, 0.717) is 11.5 Å². The van der Waals surface area contributed by atoms with Gasteiger partial charge in [0.2, 0.25) is 0 Å². The van der Waals surface area contributed by atoms with Crippen LogP contribution in [-0.2, 0) is 9.47 Å². The molecule has 0 spiro atoms. The maximum atomic E-state index is 6.52. The van der Waals surface area contributed by atoms with Crippen LogP contribution in [0.15, 0.2) is 22.8 Å². The van der Waals surface area contributed by atoms with Crippen LogP contribution < -0.4 is 0 Å². The molecular weight excluding hydrogens is 452 g/mol. The summed E-state index contributed by atoms with van der Waals surface area (Å²) in [6.07, 6.45) is 21.6. The van der Waals surface area contributed by atoms with E-state index in [0.717, 1.165) is 48.5 Å². The van der Waals surface area contributed by atoms with Crippen molar-refractivity contribution in [2.24, 2.45) is 40.9 Å². The molecule has 5 aliphatic rings. The van der Waals surface area contributed by atoms with E-state index in [2.05, 4.69) is 40.7 Å². The third kappa shape index (κ3) is 6.26. The summed E-state index contributed by atoms with van der Waals surface area (Å²) >= 11 is 0. The van der Waals surface area contributed by atoms with E-state index < -0.39 is 0 Å². The fraction of sp³-hybridized carbons (Fsp3) is 0.886. The van der Waals surface area contributed by atoms with Crippen molar-refractivity contribution in [2.75, 3.05) is 6.61 Å². The first-order valence-electron chi connectivity index (χ1n) is 16.6. The monoisotopic (exact) mass is 519 g/mol. The van der Waals surface area contributed by atoms with Gasteiger partial charge in [-0.05, 0) is 118 Å². The van der Waals surface area contributed by atoms with Crippen molar-refractivity contribution in [3.05, 3.63) is 22.8 Å². The van der Waals surface area contributed by atoms with Crippen molar-refractivity contribution in [2.45, 2.75) is 151 Å². The lowest BCUT2D eigenvalue weighted by atomic mass is 9.51. The maximum Gasteiger partial charge on any atom is 0.157 e. The molecule has 0 aromatic carbocycles. The molecule has 1 heterocycles. The number of hydrogen-bond donors (Lipinski definition) is 0. The molecule has 37 heavy (non-hydrogen) atoms. The summed E-state index contributed by atoms with van der Waals surface area (Å²) in [5.41, 5.74) is 6.05. The topological polar surface area (TPSA) is 18.5 Å². The van der Waals surface area contributed by atoms with Crippen LogP contribution in [0.25, 0.3) is 0 Å². The molecule has 218 valence electrons. The first-order chi connectivity index (χ1) is 17.9. The van der Waals surface area contributed by atoms with Gasteiger partial charge in [-0.25, -0.2) is 0 Å². The molecular formula is C35H66O2. The molecule has 0 amide bonds. The summed E-state index contributed by atoms with van der Waals surface area (Å²) in [4.78, 5) is 0. The summed E-state index contributed by atoms with van der Waals surface area (Å²) < 4.78 is 12.5. The molecule has 1 saturated heterocycles. The van der Waals surface area contributed by atoms with Crippen LogP contribution >= 0.6 is 0 Å². The van der Waals surface area contributed by atoms with Crippen molar-refractivity contribution in [3.8, 4) is 0 Å². The van der Waals surface area contributed by atoms with Gasteiger partial charge in [-0.2, -0.15) is 0 Å². The Balaban J connectivity index is 0.00000157. The fourth-order valence-electron chi connectivity index (χ4n) is 9.24. The molecule has 1 saturated carbocycles. The van der Waals surface area contributed by atoms with Crippen molar-refractivity contribution >= 4 is 0 Å². The largest absolute Gasteiger partial charge is 0.353 e. The van der Waals surface area contributed by atoms with Crippen molar-refractivity contribution in [1.29, 1.82) is 0 Å². The van der Waals surface area contributed by atoms with Crippen LogP contribution in [0.2, 0.25) is 0 Å². The summed E-state index contributed by atoms with van der Waals surface area (Å²) in [5, 5.41) is 0. The summed E-state index contributed by atoms with van der Waals surface area (Å²) in [7, 11) is 0. The zero-order valence-electron chi connectivity index (χ0n) is 25.6. The highest BCUT2D eigenvalue weighted by atomic mass is 16.7. The Morgan fingerprint density at radius 3 is 2.59 bits per heavy atom. The van der Waals surface area contributed by atoms with Crippen molar-refractivity contribution in [1.82, 2.24) is 0 Å². The summed E-state index contributed by atoms with van der Waals surface area (Å²) in [5.74, 6) is 5.06. The summed E-state index contributed by atoms with van der Waals surface area (Å²) in [6, 6.07) is 0. The molecule has 8 atom stereocenters. The quantitative estimate of drug-likeness (QED) is 0.297. The number of ether oxygens (including phenoxy) is 2. The summed E-state index contributed by atoms with van der Waals surface area (Å²) in [6.45, 7) is 17.3. The van der Waals surface area contributed by atoms with E-state index in [1.807, 2.05) is 30.6 Å². The molecule has 5 rings (SSSR count). The molecule has 0 aromatic rings. The van der Waals surface area contributed by atoms with E-state index in [1.54, 1.807) is 0 Å². The van der Waals surface area contributed by atoms with Gasteiger partial charge < -0.3 is 9.47 Å². The van der Waals surface area contributed by atoms with Crippen LogP contribution in [0.3, 0.4) is 0 Å². The molecule has 4 aliphatic carbocycles. The van der Waals surface area contributed by atoms with Gasteiger partial charge in [0.05, 0.1) is 6.10 Å². The average Bonchev–Trinajstić information content (AvgIpc) is 3.27. The van der Waals surface area contributed by atoms with Crippen LogP contribution in [-0.4, -0.2) is 19.0 Å². The second-order valence-corrected chi connectivity index (χ2v) is 13.6. The minimum absolute atomic E-state index is 0. The number of fused-ring (bicyclic) bond motifs is 4. The predicted octanol–water partition coefficient (Wildman–Crippen LogP) is 11.0. The van der Waals surface area contributed by atoms with Gasteiger partial charge in [-0.15, -0.1) is 0 Å². The zero-order valence-corrected chi connectivity index (χ0v) is 25.6. The Morgan fingerprint density at radius 2 is 1.89 bits per heavy atom. The molecule has 2 heteroatoms. The third-order valence-electron chi connectivity index (χ3n) is 11.1. The maximum absolute atomic E-state index is 6.52. The first kappa shape index (κ1) is 29.4. The van der Waals surface area contributed by atoms with Gasteiger partial charge in [-0.3, -0.25) is 0 Å². The fourth-order valence-corrected chi connectivity index (χ4v) is 9.24. The smallest absolute Gasteiger partial charge is 0.157 e. The van der Waals surface area contributed by atoms with Crippen LogP contribution in [0.1, 0.15) is 143 Å². The predicted molar refractivity (Wildman–Crippen MR) is 164 cm³/mol. The van der Waals surface area contributed by atoms with E-state index in [1.165, 1.54) is 83.5 Å². The van der Waals surface area contributed by atoms with Gasteiger partial charge in [-0.1, -0.05) is 84.1 Å². The molecule has 2 nitrogen and oxygen atoms in total. The second kappa shape index (κ2) is 13.2. The van der Waals surface area contributed by atoms with Crippen LogP contribution in [0.4, 0.5) is 0 Å². The minimum Gasteiger partial charge on any atom is -0.353 e. The number of rotatable bonds is 8. The number of hydrogen-bond acceptors (Lipinski definition) is 2. The van der Waals surface area contributed by atoms with Crippen LogP contribution in [0.5, 0.6) is 0 Å². The molecule has 0 N–H and O–H groups in total. The molecule has 0 radical (unpaired) electrons. The minimum atomic E-state index is 0. The standard InChI is InChI=1S/C33H54O2.C2H6.3H2/c1-6-24-20-29-27(26-14-13-25(21-28(24)26)35-32-12-7-8-19-34-32)17-18-33(5)30(15-16-31(29)33)23(4)11-9-10-22(2)3;1-2;;;/h15,22-25,27,29,31-32H,6-14,16-21H2,1-5H3;1-2H3;3*1H/t23?,24?,25-,27?,29+,31?,32?,33+;;;;/m0..../s1. The van der Waals surface area contributed by atoms with E-state index >= 15 is 0 Å². The molecule has 1 aliphatic heterocycles. The Labute approximate surface area is 234 Å². The Kier molecular flexibility index (Phi) is 10.5. The second-order valence-electron chi connectivity index (χ2n) is 13.6. The van der Waals surface area contributed by atoms with Gasteiger partial charge >= 0.3 is 0 Å². The lowest BCUT2D eigenvalue weighted by molar-refractivity contribution is -0.190. The SMILES string of the molecule is CC.CCC1C[C@@H]2C(CC[C@]3(C)C(C(C)CCCC(C)C)=CCC23)C2=C1C[C@@H](OC1CCCCO1)CC2.[HH].[HH].[HH]. The van der Waals surface area contributed by atoms with Crippen molar-refractivity contribution < 1.29 is 13.8 Å². The molecule has 0 bridgehead atoms. The third-order valence-corrected chi connectivity index (χ3v) is 11.1. The average molecular weight is 519 g/mol. The van der Waals surface area contributed by atoms with Crippen LogP contribution in [0, 0.1) is 40.9 Å². The Hall–Kier alpha value is -0.600. The zero-order chi connectivity index (χ0) is 26.6. The Bertz CT molecular complexity index is 802. The highest BCUT2D eigenvalue weighted by Crippen LogP contribution is 2.63. The molecule has 0 aromatic heterocycles. The Morgan fingerprint density at radius 1 is 1.08 bits per heavy atom. The molecule has 5 unspecified atom stereocenters. The van der Waals surface area contributed by atoms with E-state index in [4.69, 9.17) is 9.47 Å². The lowest BCUT2D eigenvalue weighted by Crippen LogP contribution is -2.45. The van der Waals surface area contributed by atoms with Gasteiger partial charge in [0.25, 0.3) is 0 Å². The lowest BCUT2D eigenvalue weighted by Gasteiger charge is -2.54.